The Bertz CT molecular complexity index is 703. The van der Waals surface area contributed by atoms with E-state index in [1.807, 2.05) is 0 Å². The third kappa shape index (κ3) is 3.11. The van der Waals surface area contributed by atoms with Crippen molar-refractivity contribution in [3.05, 3.63) is 51.2 Å². The number of alkyl halides is 1. The third-order valence-electron chi connectivity index (χ3n) is 3.52. The normalized spacial score (nSPS) is 17.8. The van der Waals surface area contributed by atoms with E-state index >= 15 is 0 Å². The van der Waals surface area contributed by atoms with Crippen LogP contribution in [0.5, 0.6) is 0 Å². The Morgan fingerprint density at radius 3 is 2.78 bits per heavy atom. The highest BCUT2D eigenvalue weighted by atomic mass is 35.5. The number of methoxy groups -OCH3 is 1. The zero-order valence-electron chi connectivity index (χ0n) is 12.4. The van der Waals surface area contributed by atoms with Crippen molar-refractivity contribution in [3.63, 3.8) is 0 Å². The van der Waals surface area contributed by atoms with Gasteiger partial charge in [0.2, 0.25) is 0 Å². The number of hydrogen-bond donors (Lipinski definition) is 1. The SMILES string of the molecule is COC(=O)C1=C(CCl)N(C)C(=O)NC1c1cccc([N+](=O)[O-])c1. The standard InChI is InChI=1S/C14H14ClN3O5/c1-17-10(7-15)11(13(19)23-2)12(16-14(17)20)8-4-3-5-9(6-8)18(21)22/h3-6,12H,7H2,1-2H3,(H,16,20). The molecule has 0 saturated carbocycles. The minimum absolute atomic E-state index is 0.0836. The van der Waals surface area contributed by atoms with E-state index in [1.165, 1.54) is 37.3 Å². The monoisotopic (exact) mass is 339 g/mol. The number of nitro benzene ring substituents is 1. The van der Waals surface area contributed by atoms with E-state index in [2.05, 4.69) is 5.32 Å². The Hall–Kier alpha value is -2.61. The summed E-state index contributed by atoms with van der Waals surface area (Å²) in [4.78, 5) is 35.8. The summed E-state index contributed by atoms with van der Waals surface area (Å²) in [6.45, 7) is 0. The van der Waals surface area contributed by atoms with Crippen LogP contribution in [0.15, 0.2) is 35.5 Å². The largest absolute Gasteiger partial charge is 0.466 e. The molecule has 122 valence electrons. The molecule has 8 nitrogen and oxygen atoms in total. The maximum absolute atomic E-state index is 12.1. The second-order valence-electron chi connectivity index (χ2n) is 4.78. The van der Waals surface area contributed by atoms with Crippen molar-refractivity contribution < 1.29 is 19.2 Å². The van der Waals surface area contributed by atoms with Crippen LogP contribution in [0.2, 0.25) is 0 Å². The minimum Gasteiger partial charge on any atom is -0.466 e. The van der Waals surface area contributed by atoms with Gasteiger partial charge < -0.3 is 10.1 Å². The number of carbonyl (C=O) groups is 2. The van der Waals surface area contributed by atoms with Gasteiger partial charge >= 0.3 is 12.0 Å². The molecule has 1 aliphatic heterocycles. The molecule has 9 heteroatoms. The number of rotatable bonds is 4. The molecule has 0 spiro atoms. The lowest BCUT2D eigenvalue weighted by Crippen LogP contribution is -2.47. The number of carbonyl (C=O) groups excluding carboxylic acids is 2. The van der Waals surface area contributed by atoms with Gasteiger partial charge in [-0.3, -0.25) is 15.0 Å². The fraction of sp³-hybridized carbons (Fsp3) is 0.286. The number of urea groups is 1. The van der Waals surface area contributed by atoms with Crippen LogP contribution in [-0.4, -0.2) is 41.9 Å². The molecule has 0 bridgehead atoms. The van der Waals surface area contributed by atoms with Crippen molar-refractivity contribution in [2.75, 3.05) is 20.0 Å². The molecule has 0 saturated heterocycles. The van der Waals surface area contributed by atoms with Crippen LogP contribution in [0, 0.1) is 10.1 Å². The number of halogens is 1. The van der Waals surface area contributed by atoms with Crippen LogP contribution in [0.25, 0.3) is 0 Å². The predicted octanol–water partition coefficient (Wildman–Crippen LogP) is 1.96. The first-order valence-corrected chi connectivity index (χ1v) is 7.10. The molecule has 0 aliphatic carbocycles. The molecular formula is C14H14ClN3O5. The first-order valence-electron chi connectivity index (χ1n) is 6.56. The number of ether oxygens (including phenoxy) is 1. The van der Waals surface area contributed by atoms with Crippen molar-refractivity contribution >= 4 is 29.3 Å². The first kappa shape index (κ1) is 16.8. The van der Waals surface area contributed by atoms with Crippen LogP contribution in [-0.2, 0) is 9.53 Å². The van der Waals surface area contributed by atoms with E-state index in [4.69, 9.17) is 16.3 Å². The molecule has 1 heterocycles. The van der Waals surface area contributed by atoms with Crippen LogP contribution in [0.1, 0.15) is 11.6 Å². The average Bonchev–Trinajstić information content (AvgIpc) is 2.56. The lowest BCUT2D eigenvalue weighted by atomic mass is 9.94. The summed E-state index contributed by atoms with van der Waals surface area (Å²) >= 11 is 5.88. The zero-order valence-corrected chi connectivity index (χ0v) is 13.2. The van der Waals surface area contributed by atoms with Crippen molar-refractivity contribution in [2.45, 2.75) is 6.04 Å². The van der Waals surface area contributed by atoms with E-state index in [-0.39, 0.29) is 17.1 Å². The highest BCUT2D eigenvalue weighted by Crippen LogP contribution is 2.32. The summed E-state index contributed by atoms with van der Waals surface area (Å²) in [7, 11) is 2.68. The van der Waals surface area contributed by atoms with Gasteiger partial charge in [0.25, 0.3) is 5.69 Å². The molecule has 2 rings (SSSR count). The van der Waals surface area contributed by atoms with Gasteiger partial charge in [0.1, 0.15) is 0 Å². The highest BCUT2D eigenvalue weighted by Gasteiger charge is 2.36. The van der Waals surface area contributed by atoms with E-state index in [1.54, 1.807) is 6.07 Å². The molecule has 1 aromatic rings. The number of non-ortho nitro benzene ring substituents is 1. The molecule has 0 aromatic heterocycles. The molecule has 1 aromatic carbocycles. The molecule has 1 aliphatic rings. The Balaban J connectivity index is 2.60. The van der Waals surface area contributed by atoms with E-state index in [9.17, 15) is 19.7 Å². The second-order valence-corrected chi connectivity index (χ2v) is 5.05. The highest BCUT2D eigenvalue weighted by molar-refractivity contribution is 6.20. The Morgan fingerprint density at radius 1 is 1.52 bits per heavy atom. The summed E-state index contributed by atoms with van der Waals surface area (Å²) in [5.74, 6) is -0.747. The van der Waals surface area contributed by atoms with Crippen LogP contribution in [0.4, 0.5) is 10.5 Å². The number of nitrogens with zero attached hydrogens (tertiary/aromatic N) is 2. The minimum atomic E-state index is -0.875. The number of amides is 2. The van der Waals surface area contributed by atoms with Gasteiger partial charge in [-0.15, -0.1) is 11.6 Å². The van der Waals surface area contributed by atoms with Crippen molar-refractivity contribution in [1.29, 1.82) is 0 Å². The molecule has 0 radical (unpaired) electrons. The van der Waals surface area contributed by atoms with Gasteiger partial charge in [-0.1, -0.05) is 12.1 Å². The summed E-state index contributed by atoms with van der Waals surface area (Å²) in [6, 6.07) is 4.34. The maximum atomic E-state index is 12.1. The Kier molecular flexibility index (Phi) is 4.85. The van der Waals surface area contributed by atoms with Gasteiger partial charge in [0.15, 0.2) is 0 Å². The predicted molar refractivity (Wildman–Crippen MR) is 81.9 cm³/mol. The van der Waals surface area contributed by atoms with Crippen LogP contribution >= 0.6 is 11.6 Å². The van der Waals surface area contributed by atoms with Gasteiger partial charge in [-0.05, 0) is 5.56 Å². The molecule has 1 N–H and O–H groups in total. The molecule has 0 fully saturated rings. The first-order chi connectivity index (χ1) is 10.9. The zero-order chi connectivity index (χ0) is 17.1. The fourth-order valence-electron chi connectivity index (χ4n) is 2.34. The molecule has 23 heavy (non-hydrogen) atoms. The second kappa shape index (κ2) is 6.66. The molecule has 1 unspecified atom stereocenters. The summed E-state index contributed by atoms with van der Waals surface area (Å²) < 4.78 is 4.77. The number of nitrogens with one attached hydrogen (secondary N) is 1. The topological polar surface area (TPSA) is 102 Å². The summed E-state index contributed by atoms with van der Waals surface area (Å²) in [6.07, 6.45) is 0. The van der Waals surface area contributed by atoms with E-state index < -0.39 is 23.0 Å². The lowest BCUT2D eigenvalue weighted by molar-refractivity contribution is -0.384. The van der Waals surface area contributed by atoms with Gasteiger partial charge in [-0.25, -0.2) is 9.59 Å². The van der Waals surface area contributed by atoms with E-state index in [0.29, 0.717) is 11.3 Å². The van der Waals surface area contributed by atoms with Crippen molar-refractivity contribution in [3.8, 4) is 0 Å². The average molecular weight is 340 g/mol. The quantitative estimate of drug-likeness (QED) is 0.391. The molecular weight excluding hydrogens is 326 g/mol. The van der Waals surface area contributed by atoms with Gasteiger partial charge in [0, 0.05) is 24.9 Å². The number of nitro groups is 1. The summed E-state index contributed by atoms with van der Waals surface area (Å²) in [5.41, 5.74) is 0.680. The molecule has 1 atom stereocenters. The summed E-state index contributed by atoms with van der Waals surface area (Å²) in [5, 5.41) is 13.6. The van der Waals surface area contributed by atoms with E-state index in [0.717, 1.165) is 0 Å². The van der Waals surface area contributed by atoms with Crippen LogP contribution < -0.4 is 5.32 Å². The van der Waals surface area contributed by atoms with Gasteiger partial charge in [-0.2, -0.15) is 0 Å². The lowest BCUT2D eigenvalue weighted by Gasteiger charge is -2.33. The Morgan fingerprint density at radius 2 is 2.22 bits per heavy atom. The number of esters is 1. The third-order valence-corrected chi connectivity index (χ3v) is 3.78. The number of benzene rings is 1. The number of allylic oxidation sites excluding steroid dienone is 1. The van der Waals surface area contributed by atoms with Crippen molar-refractivity contribution in [2.24, 2.45) is 0 Å². The van der Waals surface area contributed by atoms with Gasteiger partial charge in [0.05, 0.1) is 29.5 Å². The maximum Gasteiger partial charge on any atom is 0.338 e. The Labute approximate surface area is 136 Å². The number of hydrogen-bond acceptors (Lipinski definition) is 5. The smallest absolute Gasteiger partial charge is 0.338 e. The van der Waals surface area contributed by atoms with Crippen molar-refractivity contribution in [1.82, 2.24) is 10.2 Å². The molecule has 2 amide bonds. The fourth-order valence-corrected chi connectivity index (χ4v) is 2.66. The van der Waals surface area contributed by atoms with Crippen LogP contribution in [0.3, 0.4) is 0 Å².